The molecular formula is C39H75NO4. The van der Waals surface area contributed by atoms with E-state index in [1.807, 2.05) is 0 Å². The Morgan fingerprint density at radius 1 is 0.545 bits per heavy atom. The lowest BCUT2D eigenvalue weighted by molar-refractivity contribution is -0.192. The summed E-state index contributed by atoms with van der Waals surface area (Å²) in [7, 11) is 0. The van der Waals surface area contributed by atoms with Gasteiger partial charge in [-0.25, -0.2) is 4.79 Å². The first-order valence-corrected chi connectivity index (χ1v) is 19.6. The van der Waals surface area contributed by atoms with Gasteiger partial charge in [-0.1, -0.05) is 194 Å². The second-order valence-electron chi connectivity index (χ2n) is 14.3. The zero-order chi connectivity index (χ0) is 32.3. The van der Waals surface area contributed by atoms with Crippen molar-refractivity contribution in [1.82, 2.24) is 5.06 Å². The smallest absolute Gasteiger partial charge is 0.334 e. The normalized spacial score (nSPS) is 20.5. The molecule has 1 fully saturated rings. The van der Waals surface area contributed by atoms with Crippen LogP contribution >= 0.6 is 0 Å². The van der Waals surface area contributed by atoms with Crippen molar-refractivity contribution in [2.45, 2.75) is 219 Å². The van der Waals surface area contributed by atoms with Gasteiger partial charge in [0.15, 0.2) is 5.78 Å². The topological polar surface area (TPSA) is 77.8 Å². The van der Waals surface area contributed by atoms with E-state index >= 15 is 0 Å². The monoisotopic (exact) mass is 622 g/mol. The summed E-state index contributed by atoms with van der Waals surface area (Å²) in [6, 6.07) is 0. The first-order chi connectivity index (χ1) is 21.4. The summed E-state index contributed by atoms with van der Waals surface area (Å²) in [6.45, 7) is 6.19. The molecule has 2 N–H and O–H groups in total. The lowest BCUT2D eigenvalue weighted by atomic mass is 9.73. The van der Waals surface area contributed by atoms with Crippen molar-refractivity contribution in [1.29, 1.82) is 0 Å². The molecule has 3 unspecified atom stereocenters. The Labute approximate surface area is 273 Å². The van der Waals surface area contributed by atoms with E-state index in [4.69, 9.17) is 0 Å². The van der Waals surface area contributed by atoms with Gasteiger partial charge in [-0.15, -0.1) is 0 Å². The number of hydroxylamine groups is 2. The molecule has 0 saturated carbocycles. The summed E-state index contributed by atoms with van der Waals surface area (Å²) in [4.78, 5) is 25.2. The molecule has 0 aromatic carbocycles. The van der Waals surface area contributed by atoms with Crippen LogP contribution in [-0.2, 0) is 9.59 Å². The minimum absolute atomic E-state index is 0.0688. The van der Waals surface area contributed by atoms with E-state index in [9.17, 15) is 19.9 Å². The molecule has 1 aliphatic rings. The SMILES string of the molecule is CCCCCCCCCCCCCCCCC1CN(O)C(C(C)=O)(C(=O)O)C1CCCCCCCCCCCCCCCC. The van der Waals surface area contributed by atoms with E-state index in [0.717, 1.165) is 37.2 Å². The fraction of sp³-hybridized carbons (Fsp3) is 0.949. The van der Waals surface area contributed by atoms with Crippen LogP contribution in [0, 0.1) is 11.8 Å². The maximum Gasteiger partial charge on any atom is 0.334 e. The number of carbonyl (C=O) groups excluding carboxylic acids is 1. The average Bonchev–Trinajstić information content (AvgIpc) is 3.29. The van der Waals surface area contributed by atoms with Crippen LogP contribution in [-0.4, -0.2) is 39.2 Å². The molecule has 0 aromatic rings. The number of rotatable bonds is 32. The quantitative estimate of drug-likeness (QED) is 0.0577. The molecule has 0 aliphatic carbocycles. The molecule has 0 radical (unpaired) electrons. The van der Waals surface area contributed by atoms with Gasteiger partial charge < -0.3 is 10.3 Å². The van der Waals surface area contributed by atoms with Crippen LogP contribution in [0.4, 0.5) is 0 Å². The lowest BCUT2D eigenvalue weighted by Crippen LogP contribution is -2.58. The average molecular weight is 622 g/mol. The summed E-state index contributed by atoms with van der Waals surface area (Å²) in [6.07, 6.45) is 38.1. The van der Waals surface area contributed by atoms with E-state index in [1.165, 1.54) is 161 Å². The number of nitrogens with zero attached hydrogens (tertiary/aromatic N) is 1. The van der Waals surface area contributed by atoms with Crippen molar-refractivity contribution >= 4 is 11.8 Å². The second-order valence-corrected chi connectivity index (χ2v) is 14.3. The Morgan fingerprint density at radius 2 is 0.841 bits per heavy atom. The third kappa shape index (κ3) is 16.6. The molecule has 0 spiro atoms. The van der Waals surface area contributed by atoms with Crippen molar-refractivity contribution in [3.05, 3.63) is 0 Å². The van der Waals surface area contributed by atoms with Crippen LogP contribution < -0.4 is 0 Å². The largest absolute Gasteiger partial charge is 0.479 e. The molecule has 3 atom stereocenters. The van der Waals surface area contributed by atoms with Crippen molar-refractivity contribution in [3.8, 4) is 0 Å². The number of aliphatic carboxylic acids is 1. The first kappa shape index (κ1) is 41.1. The van der Waals surface area contributed by atoms with Crippen LogP contribution in [0.1, 0.15) is 213 Å². The fourth-order valence-corrected chi connectivity index (χ4v) is 7.79. The highest BCUT2D eigenvalue weighted by Gasteiger charge is 2.61. The predicted octanol–water partition coefficient (Wildman–Crippen LogP) is 12.1. The molecule has 0 aromatic heterocycles. The van der Waals surface area contributed by atoms with Crippen LogP contribution in [0.5, 0.6) is 0 Å². The maximum atomic E-state index is 12.7. The van der Waals surface area contributed by atoms with E-state index in [2.05, 4.69) is 13.8 Å². The van der Waals surface area contributed by atoms with Gasteiger partial charge in [-0.2, -0.15) is 5.06 Å². The standard InChI is InChI=1S/C39H75NO4/c1-4-6-8-10-12-14-16-18-20-22-24-26-28-30-32-36-34-40(44)39(35(3)41,38(42)43)37(36)33-31-29-27-25-23-21-19-17-15-13-11-9-7-5-2/h36-37,44H,4-34H2,1-3H3,(H,42,43). The van der Waals surface area contributed by atoms with Gasteiger partial charge in [-0.3, -0.25) is 4.79 Å². The third-order valence-electron chi connectivity index (χ3n) is 10.6. The van der Waals surface area contributed by atoms with Crippen molar-refractivity contribution in [2.24, 2.45) is 11.8 Å². The highest BCUT2D eigenvalue weighted by molar-refractivity contribution is 6.07. The Kier molecular flexibility index (Phi) is 25.4. The molecule has 5 nitrogen and oxygen atoms in total. The van der Waals surface area contributed by atoms with Gasteiger partial charge in [0.25, 0.3) is 0 Å². The summed E-state index contributed by atoms with van der Waals surface area (Å²) < 4.78 is 0. The zero-order valence-corrected chi connectivity index (χ0v) is 29.7. The molecule has 1 aliphatic heterocycles. The van der Waals surface area contributed by atoms with Gasteiger partial charge in [-0.05, 0) is 25.7 Å². The molecule has 44 heavy (non-hydrogen) atoms. The summed E-state index contributed by atoms with van der Waals surface area (Å²) >= 11 is 0. The molecular weight excluding hydrogens is 546 g/mol. The van der Waals surface area contributed by atoms with Crippen molar-refractivity contribution in [2.75, 3.05) is 6.54 Å². The van der Waals surface area contributed by atoms with E-state index in [-0.39, 0.29) is 11.8 Å². The summed E-state index contributed by atoms with van der Waals surface area (Å²) in [5.74, 6) is -1.83. The van der Waals surface area contributed by atoms with E-state index in [0.29, 0.717) is 13.0 Å². The number of carbonyl (C=O) groups is 2. The number of ketones is 1. The summed E-state index contributed by atoms with van der Waals surface area (Å²) in [5, 5.41) is 21.9. The zero-order valence-electron chi connectivity index (χ0n) is 29.7. The Morgan fingerprint density at radius 3 is 1.14 bits per heavy atom. The minimum Gasteiger partial charge on any atom is -0.479 e. The number of hydrogen-bond donors (Lipinski definition) is 2. The molecule has 1 heterocycles. The Hall–Kier alpha value is -0.940. The third-order valence-corrected chi connectivity index (χ3v) is 10.6. The number of hydrogen-bond acceptors (Lipinski definition) is 4. The second kappa shape index (κ2) is 27.2. The predicted molar refractivity (Wildman–Crippen MR) is 186 cm³/mol. The van der Waals surface area contributed by atoms with Gasteiger partial charge in [0.1, 0.15) is 0 Å². The summed E-state index contributed by atoms with van der Waals surface area (Å²) in [5.41, 5.74) is -1.77. The highest BCUT2D eigenvalue weighted by atomic mass is 16.5. The van der Waals surface area contributed by atoms with Crippen LogP contribution in [0.15, 0.2) is 0 Å². The maximum absolute atomic E-state index is 12.7. The van der Waals surface area contributed by atoms with E-state index < -0.39 is 17.3 Å². The molecule has 5 heteroatoms. The van der Waals surface area contributed by atoms with Gasteiger partial charge in [0.05, 0.1) is 0 Å². The molecule has 0 amide bonds. The van der Waals surface area contributed by atoms with Crippen LogP contribution in [0.3, 0.4) is 0 Å². The number of carboxylic acid groups (broad SMARTS) is 1. The fourth-order valence-electron chi connectivity index (χ4n) is 7.79. The van der Waals surface area contributed by atoms with Gasteiger partial charge in [0, 0.05) is 12.5 Å². The molecule has 1 rings (SSSR count). The lowest BCUT2D eigenvalue weighted by Gasteiger charge is -2.33. The Bertz CT molecular complexity index is 682. The number of unbranched alkanes of at least 4 members (excludes halogenated alkanes) is 26. The molecule has 0 bridgehead atoms. The molecule has 260 valence electrons. The number of carboxylic acids is 1. The first-order valence-electron chi connectivity index (χ1n) is 19.6. The number of Topliss-reactive ketones (excluding diaryl/α,β-unsaturated/α-hetero) is 1. The van der Waals surface area contributed by atoms with Crippen molar-refractivity contribution in [3.63, 3.8) is 0 Å². The van der Waals surface area contributed by atoms with Crippen LogP contribution in [0.2, 0.25) is 0 Å². The van der Waals surface area contributed by atoms with Gasteiger partial charge >= 0.3 is 5.97 Å². The van der Waals surface area contributed by atoms with Gasteiger partial charge in [0.2, 0.25) is 5.54 Å². The molecule has 1 saturated heterocycles. The van der Waals surface area contributed by atoms with Crippen LogP contribution in [0.25, 0.3) is 0 Å². The van der Waals surface area contributed by atoms with E-state index in [1.54, 1.807) is 0 Å². The highest BCUT2D eigenvalue weighted by Crippen LogP contribution is 2.44. The Balaban J connectivity index is 2.28. The minimum atomic E-state index is -1.77. The van der Waals surface area contributed by atoms with Crippen molar-refractivity contribution < 1.29 is 19.9 Å².